The van der Waals surface area contributed by atoms with E-state index in [4.69, 9.17) is 11.6 Å². The summed E-state index contributed by atoms with van der Waals surface area (Å²) in [5, 5.41) is 9.87. The van der Waals surface area contributed by atoms with Crippen molar-refractivity contribution in [2.75, 3.05) is 11.9 Å². The minimum Gasteiger partial charge on any atom is -0.338 e. The van der Waals surface area contributed by atoms with E-state index in [1.165, 1.54) is 0 Å². The average molecular weight is 542 g/mol. The number of carbonyl (C=O) groups is 2. The Bertz CT molecular complexity index is 1490. The highest BCUT2D eigenvalue weighted by molar-refractivity contribution is 6.31. The molecule has 0 bridgehead atoms. The van der Waals surface area contributed by atoms with E-state index < -0.39 is 6.04 Å². The maximum atomic E-state index is 13.7. The van der Waals surface area contributed by atoms with Gasteiger partial charge in [-0.15, -0.1) is 0 Å². The van der Waals surface area contributed by atoms with Gasteiger partial charge in [0.05, 0.1) is 0 Å². The zero-order valence-electron chi connectivity index (χ0n) is 22.3. The van der Waals surface area contributed by atoms with Crippen molar-refractivity contribution in [3.8, 4) is 11.1 Å². The Morgan fingerprint density at radius 1 is 1.03 bits per heavy atom. The van der Waals surface area contributed by atoms with Crippen molar-refractivity contribution in [1.82, 2.24) is 20.2 Å². The van der Waals surface area contributed by atoms with Gasteiger partial charge in [-0.3, -0.25) is 14.6 Å². The number of amides is 2. The predicted molar refractivity (Wildman–Crippen MR) is 155 cm³/mol. The number of hydrogen-bond acceptors (Lipinski definition) is 4. The van der Waals surface area contributed by atoms with E-state index in [0.29, 0.717) is 29.5 Å². The molecule has 1 unspecified atom stereocenters. The highest BCUT2D eigenvalue weighted by Crippen LogP contribution is 2.29. The van der Waals surface area contributed by atoms with Gasteiger partial charge < -0.3 is 20.5 Å². The lowest BCUT2D eigenvalue weighted by atomic mass is 9.92. The van der Waals surface area contributed by atoms with E-state index in [1.807, 2.05) is 79.1 Å². The molecule has 200 valence electrons. The highest BCUT2D eigenvalue weighted by Gasteiger charge is 2.31. The van der Waals surface area contributed by atoms with Crippen molar-refractivity contribution in [3.63, 3.8) is 0 Å². The minimum atomic E-state index is -0.854. The zero-order valence-corrected chi connectivity index (χ0v) is 23.0. The van der Waals surface area contributed by atoms with Gasteiger partial charge in [0.2, 0.25) is 5.91 Å². The van der Waals surface area contributed by atoms with Crippen molar-refractivity contribution < 1.29 is 9.59 Å². The average Bonchev–Trinajstić information content (AvgIpc) is 3.37. The summed E-state index contributed by atoms with van der Waals surface area (Å²) in [7, 11) is 0. The van der Waals surface area contributed by atoms with Crippen LogP contribution >= 0.6 is 11.6 Å². The van der Waals surface area contributed by atoms with Crippen molar-refractivity contribution >= 4 is 29.1 Å². The molecule has 0 fully saturated rings. The lowest BCUT2D eigenvalue weighted by Gasteiger charge is -2.26. The van der Waals surface area contributed by atoms with Crippen LogP contribution in [0.5, 0.6) is 0 Å². The second-order valence-electron chi connectivity index (χ2n) is 9.95. The molecule has 0 saturated heterocycles. The van der Waals surface area contributed by atoms with E-state index in [1.54, 1.807) is 12.3 Å². The fourth-order valence-electron chi connectivity index (χ4n) is 5.26. The molecule has 39 heavy (non-hydrogen) atoms. The Morgan fingerprint density at radius 3 is 2.54 bits per heavy atom. The Morgan fingerprint density at radius 2 is 1.79 bits per heavy atom. The first kappa shape index (κ1) is 26.7. The molecule has 5 rings (SSSR count). The summed E-state index contributed by atoms with van der Waals surface area (Å²) in [5.41, 5.74) is 7.22. The third-order valence-electron chi connectivity index (χ3n) is 7.38. The molecule has 2 aromatic carbocycles. The number of carbonyl (C=O) groups excluding carboxylic acids is 2. The normalized spacial score (nSPS) is 14.3. The SMILES string of the molecule is Cc1ccnc(C)c1-c1ccc(NC(=O)[C@@H](NC(=O)c2ccc3n2CCNC3)C(C)c2ccccc2Cl)cc1. The standard InChI is InChI=1S/C31H32ClN5O2/c1-19-14-15-34-21(3)28(19)22-8-10-23(11-9-22)35-31(39)29(20(2)25-6-4-5-7-26(25)32)36-30(38)27-13-12-24-18-33-16-17-37(24)27/h4-15,20,29,33H,16-18H2,1-3H3,(H,35,39)(H,36,38)/t20?,29-/m0/s1. The molecule has 7 nitrogen and oxygen atoms in total. The van der Waals surface area contributed by atoms with E-state index in [-0.39, 0.29) is 17.7 Å². The van der Waals surface area contributed by atoms with Gasteiger partial charge in [-0.25, -0.2) is 0 Å². The quantitative estimate of drug-likeness (QED) is 0.290. The molecule has 2 atom stereocenters. The summed E-state index contributed by atoms with van der Waals surface area (Å²) in [4.78, 5) is 31.6. The number of rotatable bonds is 7. The maximum Gasteiger partial charge on any atom is 0.268 e. The topological polar surface area (TPSA) is 88.1 Å². The minimum absolute atomic E-state index is 0.292. The van der Waals surface area contributed by atoms with E-state index in [9.17, 15) is 9.59 Å². The van der Waals surface area contributed by atoms with Gasteiger partial charge in [0, 0.05) is 59.4 Å². The summed E-state index contributed by atoms with van der Waals surface area (Å²) in [6.07, 6.45) is 1.80. The lowest BCUT2D eigenvalue weighted by Crippen LogP contribution is -2.47. The fourth-order valence-corrected chi connectivity index (χ4v) is 5.57. The zero-order chi connectivity index (χ0) is 27.5. The van der Waals surface area contributed by atoms with Gasteiger partial charge in [-0.05, 0) is 66.9 Å². The molecule has 2 amide bonds. The molecule has 4 aromatic rings. The van der Waals surface area contributed by atoms with Gasteiger partial charge in [0.25, 0.3) is 5.91 Å². The van der Waals surface area contributed by atoms with Crippen LogP contribution in [0.3, 0.4) is 0 Å². The molecule has 1 aliphatic rings. The summed E-state index contributed by atoms with van der Waals surface area (Å²) in [5.74, 6) is -0.982. The molecule has 8 heteroatoms. The van der Waals surface area contributed by atoms with Crippen LogP contribution in [-0.2, 0) is 17.9 Å². The second-order valence-corrected chi connectivity index (χ2v) is 10.4. The number of halogens is 1. The van der Waals surface area contributed by atoms with Crippen LogP contribution in [0.25, 0.3) is 11.1 Å². The number of aryl methyl sites for hydroxylation is 2. The maximum absolute atomic E-state index is 13.7. The first-order chi connectivity index (χ1) is 18.8. The highest BCUT2D eigenvalue weighted by atomic mass is 35.5. The molecular weight excluding hydrogens is 510 g/mol. The lowest BCUT2D eigenvalue weighted by molar-refractivity contribution is -0.118. The van der Waals surface area contributed by atoms with Gasteiger partial charge in [-0.2, -0.15) is 0 Å². The van der Waals surface area contributed by atoms with Crippen LogP contribution < -0.4 is 16.0 Å². The van der Waals surface area contributed by atoms with Gasteiger partial charge in [0.1, 0.15) is 11.7 Å². The molecular formula is C31H32ClN5O2. The molecule has 3 N–H and O–H groups in total. The summed E-state index contributed by atoms with van der Waals surface area (Å²) < 4.78 is 2.00. The van der Waals surface area contributed by atoms with Gasteiger partial charge in [0.15, 0.2) is 0 Å². The molecule has 0 radical (unpaired) electrons. The van der Waals surface area contributed by atoms with Crippen LogP contribution in [0.2, 0.25) is 5.02 Å². The van der Waals surface area contributed by atoms with Crippen LogP contribution in [0, 0.1) is 13.8 Å². The fraction of sp³-hybridized carbons (Fsp3) is 0.258. The number of aromatic nitrogens is 2. The number of nitrogens with zero attached hydrogens (tertiary/aromatic N) is 2. The molecule has 2 aromatic heterocycles. The van der Waals surface area contributed by atoms with Gasteiger partial charge >= 0.3 is 0 Å². The molecule has 0 saturated carbocycles. The molecule has 3 heterocycles. The van der Waals surface area contributed by atoms with Crippen molar-refractivity contribution in [2.45, 2.75) is 45.8 Å². The summed E-state index contributed by atoms with van der Waals surface area (Å²) in [6.45, 7) is 8.14. The molecule has 0 aliphatic carbocycles. The molecule has 1 aliphatic heterocycles. The summed E-state index contributed by atoms with van der Waals surface area (Å²) >= 11 is 6.50. The third-order valence-corrected chi connectivity index (χ3v) is 7.72. The van der Waals surface area contributed by atoms with Gasteiger partial charge in [-0.1, -0.05) is 48.9 Å². The van der Waals surface area contributed by atoms with E-state index in [2.05, 4.69) is 27.9 Å². The predicted octanol–water partition coefficient (Wildman–Crippen LogP) is 5.46. The van der Waals surface area contributed by atoms with Crippen molar-refractivity contribution in [3.05, 3.63) is 106 Å². The van der Waals surface area contributed by atoms with E-state index in [0.717, 1.165) is 40.2 Å². The Labute approximate surface area is 233 Å². The number of fused-ring (bicyclic) bond motifs is 1. The Kier molecular flexibility index (Phi) is 7.82. The number of benzene rings is 2. The van der Waals surface area contributed by atoms with Crippen molar-refractivity contribution in [1.29, 1.82) is 0 Å². The number of hydrogen-bond donors (Lipinski definition) is 3. The monoisotopic (exact) mass is 541 g/mol. The second kappa shape index (κ2) is 11.4. The Hall–Kier alpha value is -3.94. The number of pyridine rings is 1. The van der Waals surface area contributed by atoms with Crippen LogP contribution in [0.4, 0.5) is 5.69 Å². The number of anilines is 1. The largest absolute Gasteiger partial charge is 0.338 e. The number of nitrogens with one attached hydrogen (secondary N) is 3. The first-order valence-corrected chi connectivity index (χ1v) is 13.5. The third kappa shape index (κ3) is 5.60. The summed E-state index contributed by atoms with van der Waals surface area (Å²) in [6, 6.07) is 20.0. The van der Waals surface area contributed by atoms with E-state index >= 15 is 0 Å². The van der Waals surface area contributed by atoms with Crippen LogP contribution in [-0.4, -0.2) is 34.0 Å². The molecule has 0 spiro atoms. The van der Waals surface area contributed by atoms with Crippen molar-refractivity contribution in [2.24, 2.45) is 0 Å². The Balaban J connectivity index is 1.40. The first-order valence-electron chi connectivity index (χ1n) is 13.1. The smallest absolute Gasteiger partial charge is 0.268 e. The van der Waals surface area contributed by atoms with Crippen LogP contribution in [0.15, 0.2) is 72.9 Å². The van der Waals surface area contributed by atoms with Crippen LogP contribution in [0.1, 0.15) is 45.8 Å².